The quantitative estimate of drug-likeness (QED) is 0.673. The minimum Gasteiger partial charge on any atom is -0.207 e. The lowest BCUT2D eigenvalue weighted by Crippen LogP contribution is -2.04. The average Bonchev–Trinajstić information content (AvgIpc) is 2.72. The lowest BCUT2D eigenvalue weighted by molar-refractivity contribution is 0.621. The molecule has 0 saturated heterocycles. The van der Waals surface area contributed by atoms with Crippen molar-refractivity contribution in [3.8, 4) is 0 Å². The highest BCUT2D eigenvalue weighted by Crippen LogP contribution is 2.29. The Morgan fingerprint density at radius 2 is 2.12 bits per heavy atom. The van der Waals surface area contributed by atoms with Gasteiger partial charge in [-0.1, -0.05) is 12.1 Å². The Morgan fingerprint density at radius 1 is 1.29 bits per heavy atom. The average molecular weight is 334 g/mol. The van der Waals surface area contributed by atoms with E-state index in [1.807, 2.05) is 12.1 Å². The first kappa shape index (κ1) is 13.1. The molecule has 0 nitrogen and oxygen atoms in total. The first-order valence-electron chi connectivity index (χ1n) is 5.24. The minimum atomic E-state index is -0.204. The highest BCUT2D eigenvalue weighted by Gasteiger charge is 2.13. The molecule has 1 atom stereocenters. The maximum atomic E-state index is 13.2. The second-order valence-corrected chi connectivity index (χ2v) is 6.67. The number of thiophene rings is 1. The van der Waals surface area contributed by atoms with Crippen LogP contribution < -0.4 is 0 Å². The molecule has 0 spiro atoms. The highest BCUT2D eigenvalue weighted by atomic mass is 79.9. The van der Waals surface area contributed by atoms with Gasteiger partial charge in [-0.2, -0.15) is 0 Å². The summed E-state index contributed by atoms with van der Waals surface area (Å²) >= 11 is 11.1. The summed E-state index contributed by atoms with van der Waals surface area (Å²) in [7, 11) is 0. The molecular formula is C13H11BrClFS. The van der Waals surface area contributed by atoms with E-state index in [2.05, 4.69) is 22.0 Å². The lowest BCUT2D eigenvalue weighted by Gasteiger charge is -2.13. The summed E-state index contributed by atoms with van der Waals surface area (Å²) in [5.41, 5.74) is 0.963. The van der Waals surface area contributed by atoms with E-state index in [-0.39, 0.29) is 11.7 Å². The van der Waals surface area contributed by atoms with Crippen molar-refractivity contribution in [1.29, 1.82) is 0 Å². The first-order valence-corrected chi connectivity index (χ1v) is 7.39. The molecule has 0 radical (unpaired) electrons. The van der Waals surface area contributed by atoms with Crippen LogP contribution in [-0.2, 0) is 6.42 Å². The molecule has 0 N–H and O–H groups in total. The Balaban J connectivity index is 2.16. The van der Waals surface area contributed by atoms with Crippen molar-refractivity contribution in [3.05, 3.63) is 56.4 Å². The molecule has 1 aromatic carbocycles. The third kappa shape index (κ3) is 3.54. The molecule has 0 bridgehead atoms. The van der Waals surface area contributed by atoms with E-state index in [4.69, 9.17) is 11.6 Å². The third-order valence-corrected chi connectivity index (χ3v) is 4.60. The van der Waals surface area contributed by atoms with Gasteiger partial charge >= 0.3 is 0 Å². The van der Waals surface area contributed by atoms with E-state index in [0.717, 1.165) is 15.8 Å². The van der Waals surface area contributed by atoms with E-state index in [0.29, 0.717) is 5.88 Å². The SMILES string of the molecule is Fc1cccc(C(CCl)Cc2ccc(Br)s2)c1. The molecule has 0 aliphatic heterocycles. The van der Waals surface area contributed by atoms with Crippen LogP contribution in [0.2, 0.25) is 0 Å². The van der Waals surface area contributed by atoms with Crippen LogP contribution >= 0.6 is 38.9 Å². The van der Waals surface area contributed by atoms with Gasteiger partial charge in [-0.25, -0.2) is 4.39 Å². The molecule has 0 aliphatic carbocycles. The Hall–Kier alpha value is -0.380. The molecule has 0 amide bonds. The van der Waals surface area contributed by atoms with Gasteiger partial charge in [0.25, 0.3) is 0 Å². The Kier molecular flexibility index (Phi) is 4.60. The van der Waals surface area contributed by atoms with Crippen LogP contribution in [-0.4, -0.2) is 5.88 Å². The number of benzene rings is 1. The van der Waals surface area contributed by atoms with Gasteiger partial charge in [-0.15, -0.1) is 22.9 Å². The molecule has 90 valence electrons. The summed E-state index contributed by atoms with van der Waals surface area (Å²) < 4.78 is 14.3. The zero-order chi connectivity index (χ0) is 12.3. The molecule has 0 fully saturated rings. The number of rotatable bonds is 4. The van der Waals surface area contributed by atoms with Gasteiger partial charge in [0.15, 0.2) is 0 Å². The largest absolute Gasteiger partial charge is 0.207 e. The monoisotopic (exact) mass is 332 g/mol. The zero-order valence-electron chi connectivity index (χ0n) is 9.00. The van der Waals surface area contributed by atoms with E-state index < -0.39 is 0 Å². The fourth-order valence-electron chi connectivity index (χ4n) is 1.73. The minimum absolute atomic E-state index is 0.165. The molecule has 0 saturated carbocycles. The van der Waals surface area contributed by atoms with Crippen molar-refractivity contribution in [2.75, 3.05) is 5.88 Å². The van der Waals surface area contributed by atoms with Gasteiger partial charge in [0.2, 0.25) is 0 Å². The van der Waals surface area contributed by atoms with Gasteiger partial charge in [-0.05, 0) is 52.2 Å². The summed E-state index contributed by atoms with van der Waals surface area (Å²) in [6, 6.07) is 10.8. The molecule has 1 heterocycles. The molecule has 2 rings (SSSR count). The topological polar surface area (TPSA) is 0 Å². The summed E-state index contributed by atoms with van der Waals surface area (Å²) in [4.78, 5) is 1.26. The van der Waals surface area contributed by atoms with E-state index in [9.17, 15) is 4.39 Å². The summed E-state index contributed by atoms with van der Waals surface area (Å²) in [6.45, 7) is 0. The first-order chi connectivity index (χ1) is 8.19. The molecule has 4 heteroatoms. The lowest BCUT2D eigenvalue weighted by atomic mass is 9.97. The van der Waals surface area contributed by atoms with Crippen molar-refractivity contribution >= 4 is 38.9 Å². The van der Waals surface area contributed by atoms with E-state index in [1.165, 1.54) is 10.9 Å². The van der Waals surface area contributed by atoms with Crippen molar-refractivity contribution in [2.24, 2.45) is 0 Å². The fourth-order valence-corrected chi connectivity index (χ4v) is 3.58. The van der Waals surface area contributed by atoms with Crippen molar-refractivity contribution < 1.29 is 4.39 Å². The summed E-state index contributed by atoms with van der Waals surface area (Å²) in [6.07, 6.45) is 0.850. The summed E-state index contributed by atoms with van der Waals surface area (Å²) in [5.74, 6) is 0.460. The van der Waals surface area contributed by atoms with Crippen LogP contribution in [0.4, 0.5) is 4.39 Å². The highest BCUT2D eigenvalue weighted by molar-refractivity contribution is 9.11. The molecule has 1 unspecified atom stereocenters. The normalized spacial score (nSPS) is 12.6. The van der Waals surface area contributed by atoms with Crippen molar-refractivity contribution in [3.63, 3.8) is 0 Å². The van der Waals surface area contributed by atoms with Crippen molar-refractivity contribution in [2.45, 2.75) is 12.3 Å². The maximum Gasteiger partial charge on any atom is 0.123 e. The molecule has 1 aromatic heterocycles. The number of hydrogen-bond donors (Lipinski definition) is 0. The van der Waals surface area contributed by atoms with Crippen LogP contribution in [0.5, 0.6) is 0 Å². The van der Waals surface area contributed by atoms with Crippen LogP contribution in [0.3, 0.4) is 0 Å². The van der Waals surface area contributed by atoms with Gasteiger partial charge in [0, 0.05) is 16.7 Å². The Labute approximate surface area is 118 Å². The van der Waals surface area contributed by atoms with Crippen LogP contribution in [0, 0.1) is 5.82 Å². The second kappa shape index (κ2) is 5.98. The molecule has 17 heavy (non-hydrogen) atoms. The van der Waals surface area contributed by atoms with Gasteiger partial charge in [0.1, 0.15) is 5.82 Å². The predicted octanol–water partition coefficient (Wildman–Crippen LogP) is 5.21. The molecular weight excluding hydrogens is 323 g/mol. The van der Waals surface area contributed by atoms with Crippen LogP contribution in [0.25, 0.3) is 0 Å². The molecule has 0 aliphatic rings. The third-order valence-electron chi connectivity index (χ3n) is 2.58. The van der Waals surface area contributed by atoms with Gasteiger partial charge in [0.05, 0.1) is 3.79 Å². The fraction of sp³-hybridized carbons (Fsp3) is 0.231. The standard InChI is InChI=1S/C13H11BrClFS/c14-13-5-4-12(17-13)7-10(8-15)9-2-1-3-11(16)6-9/h1-6,10H,7-8H2. The van der Waals surface area contributed by atoms with Gasteiger partial charge in [-0.3, -0.25) is 0 Å². The number of alkyl halides is 1. The predicted molar refractivity (Wildman–Crippen MR) is 75.6 cm³/mol. The molecule has 2 aromatic rings. The Morgan fingerprint density at radius 3 is 2.71 bits per heavy atom. The summed E-state index contributed by atoms with van der Waals surface area (Å²) in [5, 5.41) is 0. The van der Waals surface area contributed by atoms with Crippen LogP contribution in [0.15, 0.2) is 40.2 Å². The van der Waals surface area contributed by atoms with Crippen LogP contribution in [0.1, 0.15) is 16.4 Å². The smallest absolute Gasteiger partial charge is 0.123 e. The zero-order valence-corrected chi connectivity index (χ0v) is 12.2. The Bertz CT molecular complexity index is 498. The number of hydrogen-bond acceptors (Lipinski definition) is 1. The van der Waals surface area contributed by atoms with Crippen molar-refractivity contribution in [1.82, 2.24) is 0 Å². The van der Waals surface area contributed by atoms with Gasteiger partial charge < -0.3 is 0 Å². The van der Waals surface area contributed by atoms with E-state index in [1.54, 1.807) is 23.5 Å². The number of halogens is 3. The van der Waals surface area contributed by atoms with E-state index >= 15 is 0 Å². The second-order valence-electron chi connectivity index (χ2n) is 3.82. The maximum absolute atomic E-state index is 13.2.